The lowest BCUT2D eigenvalue weighted by atomic mass is 10.2. The maximum atomic E-state index is 5.21. The molecule has 1 aromatic carbocycles. The highest BCUT2D eigenvalue weighted by molar-refractivity contribution is 5.78. The first-order valence-electron chi connectivity index (χ1n) is 6.30. The van der Waals surface area contributed by atoms with Crippen LogP contribution in [0.25, 0.3) is 10.9 Å². The minimum Gasteiger partial charge on any atom is -0.481 e. The van der Waals surface area contributed by atoms with Crippen molar-refractivity contribution in [3.8, 4) is 5.88 Å². The number of hydrogen-bond acceptors (Lipinski definition) is 5. The van der Waals surface area contributed by atoms with Crippen LogP contribution in [-0.4, -0.2) is 22.1 Å². The van der Waals surface area contributed by atoms with E-state index in [1.54, 1.807) is 13.3 Å². The summed E-state index contributed by atoms with van der Waals surface area (Å²) in [5.74, 6) is 1.20. The average Bonchev–Trinajstić information content (AvgIpc) is 2.53. The number of methoxy groups -OCH3 is 1. The Morgan fingerprint density at radius 2 is 2.00 bits per heavy atom. The van der Waals surface area contributed by atoms with Crippen molar-refractivity contribution in [1.82, 2.24) is 15.0 Å². The lowest BCUT2D eigenvalue weighted by Crippen LogP contribution is -2.05. The summed E-state index contributed by atoms with van der Waals surface area (Å²) in [6, 6.07) is 11.7. The van der Waals surface area contributed by atoms with Crippen molar-refractivity contribution in [2.45, 2.75) is 6.54 Å². The third-order valence-electron chi connectivity index (χ3n) is 2.97. The van der Waals surface area contributed by atoms with E-state index in [1.807, 2.05) is 42.6 Å². The molecule has 0 saturated carbocycles. The first-order chi connectivity index (χ1) is 9.86. The predicted molar refractivity (Wildman–Crippen MR) is 77.7 cm³/mol. The monoisotopic (exact) mass is 266 g/mol. The number of rotatable bonds is 4. The minimum atomic E-state index is 0.565. The first kappa shape index (κ1) is 12.3. The number of ether oxygens (including phenoxy) is 1. The zero-order valence-corrected chi connectivity index (χ0v) is 11.1. The fourth-order valence-corrected chi connectivity index (χ4v) is 1.97. The molecule has 100 valence electrons. The van der Waals surface area contributed by atoms with E-state index in [0.29, 0.717) is 18.4 Å². The Balaban J connectivity index is 1.79. The number of pyridine rings is 1. The van der Waals surface area contributed by atoms with Gasteiger partial charge in [0.15, 0.2) is 0 Å². The van der Waals surface area contributed by atoms with E-state index in [2.05, 4.69) is 20.3 Å². The Kier molecular flexibility index (Phi) is 3.41. The van der Waals surface area contributed by atoms with Gasteiger partial charge in [0.25, 0.3) is 0 Å². The molecule has 0 amide bonds. The fraction of sp³-hybridized carbons (Fsp3) is 0.133. The number of hydrogen-bond donors (Lipinski definition) is 1. The van der Waals surface area contributed by atoms with Gasteiger partial charge in [-0.1, -0.05) is 24.3 Å². The molecule has 1 N–H and O–H groups in total. The highest BCUT2D eigenvalue weighted by atomic mass is 16.5. The molecule has 0 aliphatic rings. The molecule has 0 radical (unpaired) electrons. The number of nitrogens with zero attached hydrogens (tertiary/aromatic N) is 3. The Morgan fingerprint density at radius 3 is 2.90 bits per heavy atom. The van der Waals surface area contributed by atoms with E-state index in [1.165, 1.54) is 0 Å². The van der Waals surface area contributed by atoms with Gasteiger partial charge in [0.2, 0.25) is 11.8 Å². The third-order valence-corrected chi connectivity index (χ3v) is 2.97. The molecule has 0 aliphatic heterocycles. The highest BCUT2D eigenvalue weighted by Crippen LogP contribution is 2.16. The maximum Gasteiger partial charge on any atom is 0.223 e. The molecule has 0 bridgehead atoms. The number of fused-ring (bicyclic) bond motifs is 1. The van der Waals surface area contributed by atoms with Crippen LogP contribution in [0, 0.1) is 0 Å². The van der Waals surface area contributed by atoms with Gasteiger partial charge < -0.3 is 10.1 Å². The summed E-state index contributed by atoms with van der Waals surface area (Å²) in [7, 11) is 1.61. The van der Waals surface area contributed by atoms with E-state index in [-0.39, 0.29) is 0 Å². The Bertz CT molecular complexity index is 730. The molecule has 5 nitrogen and oxygen atoms in total. The number of para-hydroxylation sites is 1. The van der Waals surface area contributed by atoms with Gasteiger partial charge in [-0.05, 0) is 12.1 Å². The topological polar surface area (TPSA) is 59.9 Å². The predicted octanol–water partition coefficient (Wildman–Crippen LogP) is 2.65. The summed E-state index contributed by atoms with van der Waals surface area (Å²) in [6.45, 7) is 0.565. The lowest BCUT2D eigenvalue weighted by Gasteiger charge is -2.08. The van der Waals surface area contributed by atoms with E-state index in [0.717, 1.165) is 16.5 Å². The molecule has 0 spiro atoms. The van der Waals surface area contributed by atoms with E-state index < -0.39 is 0 Å². The Hall–Kier alpha value is -2.69. The van der Waals surface area contributed by atoms with E-state index >= 15 is 0 Å². The number of benzene rings is 1. The molecule has 2 heterocycles. The van der Waals surface area contributed by atoms with Crippen molar-refractivity contribution < 1.29 is 4.74 Å². The lowest BCUT2D eigenvalue weighted by molar-refractivity contribution is 0.393. The van der Waals surface area contributed by atoms with Crippen LogP contribution >= 0.6 is 0 Å². The molecule has 2 aromatic heterocycles. The van der Waals surface area contributed by atoms with Crippen molar-refractivity contribution in [3.05, 3.63) is 54.4 Å². The van der Waals surface area contributed by atoms with Crippen LogP contribution in [0.15, 0.2) is 48.8 Å². The van der Waals surface area contributed by atoms with Crippen molar-refractivity contribution >= 4 is 16.9 Å². The van der Waals surface area contributed by atoms with Gasteiger partial charge in [0, 0.05) is 29.9 Å². The zero-order valence-electron chi connectivity index (χ0n) is 11.1. The molecule has 0 fully saturated rings. The molecule has 0 saturated heterocycles. The molecule has 5 heteroatoms. The Labute approximate surface area is 116 Å². The minimum absolute atomic E-state index is 0.565. The SMILES string of the molecule is COc1ncccc1CNc1ncc2ccccc2n1. The van der Waals surface area contributed by atoms with Gasteiger partial charge in [-0.3, -0.25) is 0 Å². The molecule has 0 atom stereocenters. The smallest absolute Gasteiger partial charge is 0.223 e. The van der Waals surface area contributed by atoms with Crippen molar-refractivity contribution in [1.29, 1.82) is 0 Å². The van der Waals surface area contributed by atoms with Gasteiger partial charge in [-0.25, -0.2) is 15.0 Å². The Morgan fingerprint density at radius 1 is 1.10 bits per heavy atom. The molecular formula is C15H14N4O. The quantitative estimate of drug-likeness (QED) is 0.786. The van der Waals surface area contributed by atoms with E-state index in [4.69, 9.17) is 4.74 Å². The molecule has 3 aromatic rings. The highest BCUT2D eigenvalue weighted by Gasteiger charge is 2.04. The summed E-state index contributed by atoms with van der Waals surface area (Å²) in [5, 5.41) is 4.21. The summed E-state index contributed by atoms with van der Waals surface area (Å²) in [4.78, 5) is 12.9. The second kappa shape index (κ2) is 5.52. The van der Waals surface area contributed by atoms with Gasteiger partial charge >= 0.3 is 0 Å². The van der Waals surface area contributed by atoms with Crippen LogP contribution in [0.5, 0.6) is 5.88 Å². The largest absolute Gasteiger partial charge is 0.481 e. The third kappa shape index (κ3) is 2.51. The molecule has 20 heavy (non-hydrogen) atoms. The summed E-state index contributed by atoms with van der Waals surface area (Å²) in [5.41, 5.74) is 1.88. The number of aromatic nitrogens is 3. The number of nitrogens with one attached hydrogen (secondary N) is 1. The number of anilines is 1. The molecule has 0 unspecified atom stereocenters. The second-order valence-electron chi connectivity index (χ2n) is 4.28. The fourth-order valence-electron chi connectivity index (χ4n) is 1.97. The van der Waals surface area contributed by atoms with Crippen LogP contribution in [0.4, 0.5) is 5.95 Å². The standard InChI is InChI=1S/C15H14N4O/c1-20-14-12(6-4-8-16-14)10-18-15-17-9-11-5-2-3-7-13(11)19-15/h2-9H,10H2,1H3,(H,17,18,19). The summed E-state index contributed by atoms with van der Waals surface area (Å²) in [6.07, 6.45) is 3.51. The first-order valence-corrected chi connectivity index (χ1v) is 6.30. The van der Waals surface area contributed by atoms with Gasteiger partial charge in [-0.2, -0.15) is 0 Å². The zero-order chi connectivity index (χ0) is 13.8. The van der Waals surface area contributed by atoms with Crippen molar-refractivity contribution in [2.75, 3.05) is 12.4 Å². The molecular weight excluding hydrogens is 252 g/mol. The van der Waals surface area contributed by atoms with E-state index in [9.17, 15) is 0 Å². The van der Waals surface area contributed by atoms with Gasteiger partial charge in [0.05, 0.1) is 12.6 Å². The van der Waals surface area contributed by atoms with Crippen LogP contribution in [-0.2, 0) is 6.54 Å². The summed E-state index contributed by atoms with van der Waals surface area (Å²) >= 11 is 0. The molecule has 3 rings (SSSR count). The van der Waals surface area contributed by atoms with Crippen LogP contribution in [0.2, 0.25) is 0 Å². The van der Waals surface area contributed by atoms with Crippen LogP contribution in [0.1, 0.15) is 5.56 Å². The maximum absolute atomic E-state index is 5.21. The average molecular weight is 266 g/mol. The van der Waals surface area contributed by atoms with Crippen LogP contribution in [0.3, 0.4) is 0 Å². The van der Waals surface area contributed by atoms with Gasteiger partial charge in [-0.15, -0.1) is 0 Å². The second-order valence-corrected chi connectivity index (χ2v) is 4.28. The molecule has 0 aliphatic carbocycles. The van der Waals surface area contributed by atoms with Gasteiger partial charge in [0.1, 0.15) is 0 Å². The van der Waals surface area contributed by atoms with Crippen molar-refractivity contribution in [3.63, 3.8) is 0 Å². The van der Waals surface area contributed by atoms with Crippen LogP contribution < -0.4 is 10.1 Å². The normalized spacial score (nSPS) is 10.4. The summed E-state index contributed by atoms with van der Waals surface area (Å²) < 4.78 is 5.21. The van der Waals surface area contributed by atoms with Crippen molar-refractivity contribution in [2.24, 2.45) is 0 Å².